The minimum absolute atomic E-state index is 0.201. The molecule has 0 bridgehead atoms. The van der Waals surface area contributed by atoms with E-state index in [4.69, 9.17) is 0 Å². The van der Waals surface area contributed by atoms with Crippen LogP contribution in [0.2, 0.25) is 0 Å². The van der Waals surface area contributed by atoms with E-state index >= 15 is 0 Å². The molecule has 0 aliphatic heterocycles. The van der Waals surface area contributed by atoms with E-state index in [0.29, 0.717) is 0 Å². The van der Waals surface area contributed by atoms with Crippen LogP contribution in [0.4, 0.5) is 0 Å². The van der Waals surface area contributed by atoms with Crippen molar-refractivity contribution in [3.63, 3.8) is 0 Å². The van der Waals surface area contributed by atoms with Gasteiger partial charge in [0.15, 0.2) is 0 Å². The van der Waals surface area contributed by atoms with Gasteiger partial charge >= 0.3 is 0 Å². The molecule has 0 aromatic carbocycles. The number of aliphatic hydroxyl groups is 2. The summed E-state index contributed by atoms with van der Waals surface area (Å²) in [6.45, 7) is 9.73. The fourth-order valence-electron chi connectivity index (χ4n) is 2.23. The van der Waals surface area contributed by atoms with Crippen molar-refractivity contribution in [3.05, 3.63) is 24.3 Å². The monoisotopic (exact) mass is 210 g/mol. The van der Waals surface area contributed by atoms with E-state index in [-0.39, 0.29) is 5.41 Å². The fourth-order valence-corrected chi connectivity index (χ4v) is 2.23. The lowest BCUT2D eigenvalue weighted by atomic mass is 9.63. The third-order valence-corrected chi connectivity index (χ3v) is 3.47. The van der Waals surface area contributed by atoms with E-state index in [1.165, 1.54) is 0 Å². The molecule has 0 saturated heterocycles. The van der Waals surface area contributed by atoms with E-state index in [1.807, 2.05) is 13.8 Å². The lowest BCUT2D eigenvalue weighted by Gasteiger charge is -2.46. The zero-order valence-corrected chi connectivity index (χ0v) is 9.95. The van der Waals surface area contributed by atoms with Crippen molar-refractivity contribution in [2.45, 2.75) is 51.7 Å². The van der Waals surface area contributed by atoms with Crippen LogP contribution in [0.25, 0.3) is 0 Å². The summed E-state index contributed by atoms with van der Waals surface area (Å²) in [7, 11) is 0. The Morgan fingerprint density at radius 3 is 2.53 bits per heavy atom. The molecule has 2 nitrogen and oxygen atoms in total. The Bertz CT molecular complexity index is 276. The van der Waals surface area contributed by atoms with E-state index in [1.54, 1.807) is 19.1 Å². The van der Waals surface area contributed by atoms with Crippen molar-refractivity contribution >= 4 is 0 Å². The quantitative estimate of drug-likeness (QED) is 0.687. The number of hydrogen-bond acceptors (Lipinski definition) is 2. The van der Waals surface area contributed by atoms with Crippen molar-refractivity contribution in [2.75, 3.05) is 0 Å². The van der Waals surface area contributed by atoms with Crippen molar-refractivity contribution < 1.29 is 10.2 Å². The molecule has 1 rings (SSSR count). The summed E-state index contributed by atoms with van der Waals surface area (Å²) < 4.78 is 0. The third kappa shape index (κ3) is 2.32. The molecule has 1 saturated carbocycles. The van der Waals surface area contributed by atoms with Crippen molar-refractivity contribution in [3.8, 4) is 0 Å². The van der Waals surface area contributed by atoms with E-state index in [2.05, 4.69) is 6.58 Å². The predicted molar refractivity (Wildman–Crippen MR) is 62.5 cm³/mol. The molecule has 2 heteroatoms. The van der Waals surface area contributed by atoms with Gasteiger partial charge in [-0.15, -0.1) is 0 Å². The van der Waals surface area contributed by atoms with Crippen LogP contribution in [-0.4, -0.2) is 21.9 Å². The molecule has 1 aliphatic rings. The minimum atomic E-state index is -0.970. The average molecular weight is 210 g/mol. The Hall–Kier alpha value is -0.600. The Morgan fingerprint density at radius 1 is 1.47 bits per heavy atom. The summed E-state index contributed by atoms with van der Waals surface area (Å²) in [4.78, 5) is 0. The van der Waals surface area contributed by atoms with Crippen LogP contribution in [0.5, 0.6) is 0 Å². The maximum absolute atomic E-state index is 10.6. The minimum Gasteiger partial charge on any atom is -0.389 e. The van der Waals surface area contributed by atoms with Gasteiger partial charge in [0.25, 0.3) is 0 Å². The Kier molecular flexibility index (Phi) is 3.41. The first-order valence-electron chi connectivity index (χ1n) is 5.58. The molecule has 0 aromatic heterocycles. The summed E-state index contributed by atoms with van der Waals surface area (Å²) in [6.07, 6.45) is 5.74. The molecule has 0 radical (unpaired) electrons. The van der Waals surface area contributed by atoms with E-state index in [9.17, 15) is 10.2 Å². The lowest BCUT2D eigenvalue weighted by molar-refractivity contribution is -0.0155. The Labute approximate surface area is 92.3 Å². The Balaban J connectivity index is 2.99. The first-order chi connectivity index (χ1) is 6.79. The molecule has 1 fully saturated rings. The lowest BCUT2D eigenvalue weighted by Crippen LogP contribution is -2.47. The first kappa shape index (κ1) is 12.5. The molecule has 2 N–H and O–H groups in total. The third-order valence-electron chi connectivity index (χ3n) is 3.47. The van der Waals surface area contributed by atoms with Crippen LogP contribution in [0, 0.1) is 5.41 Å². The second kappa shape index (κ2) is 4.11. The van der Waals surface area contributed by atoms with Crippen molar-refractivity contribution in [2.24, 2.45) is 5.41 Å². The largest absolute Gasteiger partial charge is 0.389 e. The average Bonchev–Trinajstić information content (AvgIpc) is 2.11. The topological polar surface area (TPSA) is 40.5 Å². The second-order valence-electron chi connectivity index (χ2n) is 5.21. The fraction of sp³-hybridized carbons (Fsp3) is 0.692. The maximum atomic E-state index is 10.6. The van der Waals surface area contributed by atoms with Gasteiger partial charge in [-0.05, 0) is 37.8 Å². The number of hydrogen-bond donors (Lipinski definition) is 2. The van der Waals surface area contributed by atoms with Gasteiger partial charge in [-0.1, -0.05) is 26.5 Å². The number of rotatable bonds is 2. The molecular weight excluding hydrogens is 188 g/mol. The zero-order chi connectivity index (χ0) is 11.7. The summed E-state index contributed by atoms with van der Waals surface area (Å²) in [5.74, 6) is 0. The van der Waals surface area contributed by atoms with Crippen LogP contribution < -0.4 is 0 Å². The molecule has 15 heavy (non-hydrogen) atoms. The summed E-state index contributed by atoms with van der Waals surface area (Å²) >= 11 is 0. The molecule has 2 unspecified atom stereocenters. The molecule has 86 valence electrons. The first-order valence-corrected chi connectivity index (χ1v) is 5.58. The summed E-state index contributed by atoms with van der Waals surface area (Å²) in [6, 6.07) is 0. The van der Waals surface area contributed by atoms with Crippen LogP contribution in [-0.2, 0) is 0 Å². The van der Waals surface area contributed by atoms with Gasteiger partial charge in [-0.3, -0.25) is 0 Å². The number of aliphatic hydroxyl groups excluding tert-OH is 1. The van der Waals surface area contributed by atoms with Crippen LogP contribution in [0.1, 0.15) is 40.0 Å². The molecule has 0 amide bonds. The highest BCUT2D eigenvalue weighted by Gasteiger charge is 2.45. The van der Waals surface area contributed by atoms with Gasteiger partial charge in [0.2, 0.25) is 0 Å². The molecule has 0 heterocycles. The predicted octanol–water partition coefficient (Wildman–Crippen LogP) is 2.42. The highest BCUT2D eigenvalue weighted by atomic mass is 16.3. The van der Waals surface area contributed by atoms with E-state index < -0.39 is 11.7 Å². The van der Waals surface area contributed by atoms with Crippen LogP contribution in [0.15, 0.2) is 24.3 Å². The second-order valence-corrected chi connectivity index (χ2v) is 5.21. The van der Waals surface area contributed by atoms with Gasteiger partial charge in [-0.2, -0.15) is 0 Å². The molecule has 1 aliphatic carbocycles. The standard InChI is InChI=1S/C13H22O2/c1-10-6-5-8-12(3,4)13(10,15)9-7-11(2)14/h7,9,11,14-15H,1,5-6,8H2,2-4H3. The van der Waals surface area contributed by atoms with Gasteiger partial charge < -0.3 is 10.2 Å². The highest BCUT2D eigenvalue weighted by Crippen LogP contribution is 2.47. The van der Waals surface area contributed by atoms with Gasteiger partial charge in [-0.25, -0.2) is 0 Å². The van der Waals surface area contributed by atoms with Gasteiger partial charge in [0.05, 0.1) is 6.10 Å². The molecule has 0 spiro atoms. The summed E-state index contributed by atoms with van der Waals surface area (Å²) in [5.41, 5.74) is -0.314. The van der Waals surface area contributed by atoms with Crippen LogP contribution in [0.3, 0.4) is 0 Å². The van der Waals surface area contributed by atoms with Gasteiger partial charge in [0, 0.05) is 5.41 Å². The molecular formula is C13H22O2. The van der Waals surface area contributed by atoms with Crippen molar-refractivity contribution in [1.82, 2.24) is 0 Å². The molecule has 0 aromatic rings. The molecule has 2 atom stereocenters. The van der Waals surface area contributed by atoms with E-state index in [0.717, 1.165) is 24.8 Å². The normalized spacial score (nSPS) is 33.3. The summed E-state index contributed by atoms with van der Waals surface area (Å²) in [5, 5.41) is 19.8. The highest BCUT2D eigenvalue weighted by molar-refractivity contribution is 5.29. The maximum Gasteiger partial charge on any atom is 0.109 e. The Morgan fingerprint density at radius 2 is 2.07 bits per heavy atom. The van der Waals surface area contributed by atoms with Gasteiger partial charge in [0.1, 0.15) is 5.60 Å². The SMILES string of the molecule is C=C1CCCC(C)(C)C1(O)C=CC(C)O. The smallest absolute Gasteiger partial charge is 0.109 e. The zero-order valence-electron chi connectivity index (χ0n) is 9.95. The van der Waals surface area contributed by atoms with Crippen LogP contribution >= 0.6 is 0 Å². The van der Waals surface area contributed by atoms with Crippen molar-refractivity contribution in [1.29, 1.82) is 0 Å².